The third kappa shape index (κ3) is 3.68. The van der Waals surface area contributed by atoms with Gasteiger partial charge in [-0.05, 0) is 31.5 Å². The van der Waals surface area contributed by atoms with E-state index < -0.39 is 0 Å². The fraction of sp³-hybridized carbons (Fsp3) is 0.500. The molecule has 0 radical (unpaired) electrons. The average Bonchev–Trinajstić information content (AvgIpc) is 2.42. The minimum Gasteiger partial charge on any atom is -0.362 e. The molecule has 1 aromatic rings. The van der Waals surface area contributed by atoms with E-state index in [1.807, 2.05) is 13.8 Å². The molecule has 1 heterocycles. The van der Waals surface area contributed by atoms with Crippen LogP contribution in [-0.4, -0.2) is 43.0 Å². The van der Waals surface area contributed by atoms with Crippen molar-refractivity contribution < 1.29 is 14.3 Å². The van der Waals surface area contributed by atoms with Gasteiger partial charge in [-0.25, -0.2) is 0 Å². The number of aryl methyl sites for hydroxylation is 2. The summed E-state index contributed by atoms with van der Waals surface area (Å²) in [6.45, 7) is 7.20. The van der Waals surface area contributed by atoms with Crippen LogP contribution in [0.1, 0.15) is 29.7 Å². The van der Waals surface area contributed by atoms with Gasteiger partial charge in [0.15, 0.2) is 0 Å². The van der Waals surface area contributed by atoms with E-state index in [0.29, 0.717) is 6.54 Å². The molecular formula is C16H22N2O3. The smallest absolute Gasteiger partial charge is 0.255 e. The Kier molecular flexibility index (Phi) is 5.09. The van der Waals surface area contributed by atoms with Crippen LogP contribution < -0.4 is 5.32 Å². The number of hydrogen-bond acceptors (Lipinski definition) is 4. The van der Waals surface area contributed by atoms with E-state index in [2.05, 4.69) is 30.4 Å². The Morgan fingerprint density at radius 1 is 1.24 bits per heavy atom. The molecule has 1 unspecified atom stereocenters. The molecule has 0 aliphatic carbocycles. The molecule has 1 fully saturated rings. The molecule has 0 spiro atoms. The molecule has 0 saturated carbocycles. The third-order valence-electron chi connectivity index (χ3n) is 3.67. The summed E-state index contributed by atoms with van der Waals surface area (Å²) in [4.78, 5) is 25.0. The molecule has 21 heavy (non-hydrogen) atoms. The monoisotopic (exact) mass is 290 g/mol. The number of nitrogens with one attached hydrogen (secondary N) is 1. The van der Waals surface area contributed by atoms with Crippen LogP contribution in [-0.2, 0) is 14.3 Å². The fourth-order valence-corrected chi connectivity index (χ4v) is 2.64. The van der Waals surface area contributed by atoms with Gasteiger partial charge in [0.05, 0.1) is 6.04 Å². The first-order chi connectivity index (χ1) is 10.0. The summed E-state index contributed by atoms with van der Waals surface area (Å²) >= 11 is 0. The van der Waals surface area contributed by atoms with Gasteiger partial charge >= 0.3 is 0 Å². The lowest BCUT2D eigenvalue weighted by Crippen LogP contribution is -2.49. The van der Waals surface area contributed by atoms with Gasteiger partial charge in [-0.15, -0.1) is 0 Å². The summed E-state index contributed by atoms with van der Waals surface area (Å²) in [5.41, 5.74) is 3.48. The van der Waals surface area contributed by atoms with Crippen LogP contribution in [0, 0.1) is 13.8 Å². The lowest BCUT2D eigenvalue weighted by molar-refractivity contribution is -0.158. The Morgan fingerprint density at radius 2 is 1.90 bits per heavy atom. The number of carbonyl (C=O) groups excluding carboxylic acids is 2. The fourth-order valence-electron chi connectivity index (χ4n) is 2.64. The number of hydrogen-bond donors (Lipinski definition) is 1. The predicted octanol–water partition coefficient (Wildman–Crippen LogP) is 1.34. The van der Waals surface area contributed by atoms with Gasteiger partial charge in [0, 0.05) is 6.54 Å². The number of imide groups is 1. The number of amides is 2. The van der Waals surface area contributed by atoms with Crippen LogP contribution in [0.15, 0.2) is 18.2 Å². The molecule has 5 nitrogen and oxygen atoms in total. The lowest BCUT2D eigenvalue weighted by atomic mass is 9.98. The molecule has 1 saturated heterocycles. The van der Waals surface area contributed by atoms with Crippen molar-refractivity contribution in [3.63, 3.8) is 0 Å². The van der Waals surface area contributed by atoms with Crippen molar-refractivity contribution in [3.05, 3.63) is 34.9 Å². The quantitative estimate of drug-likeness (QED) is 0.831. The Bertz CT molecular complexity index is 526. The number of likely N-dealkylation sites (N-methyl/N-ethyl adjacent to an activating group) is 1. The van der Waals surface area contributed by atoms with Crippen molar-refractivity contribution in [2.24, 2.45) is 0 Å². The van der Waals surface area contributed by atoms with Gasteiger partial charge in [-0.3, -0.25) is 14.5 Å². The van der Waals surface area contributed by atoms with Crippen molar-refractivity contribution in [2.45, 2.75) is 26.8 Å². The van der Waals surface area contributed by atoms with Crippen molar-refractivity contribution >= 4 is 11.8 Å². The molecule has 114 valence electrons. The van der Waals surface area contributed by atoms with Crippen molar-refractivity contribution in [1.29, 1.82) is 0 Å². The molecule has 2 rings (SSSR count). The minimum atomic E-state index is -0.265. The summed E-state index contributed by atoms with van der Waals surface area (Å²) in [5, 5.41) is 3.36. The van der Waals surface area contributed by atoms with Gasteiger partial charge in [-0.2, -0.15) is 0 Å². The van der Waals surface area contributed by atoms with Crippen molar-refractivity contribution in [3.8, 4) is 0 Å². The Balaban J connectivity index is 2.22. The largest absolute Gasteiger partial charge is 0.362 e. The van der Waals surface area contributed by atoms with E-state index in [0.717, 1.165) is 17.7 Å². The SMILES string of the molecule is CCNC(CN1C(=O)COCC1=O)c1ccc(C)cc1C. The molecule has 1 N–H and O–H groups in total. The van der Waals surface area contributed by atoms with Gasteiger partial charge in [-0.1, -0.05) is 30.7 Å². The topological polar surface area (TPSA) is 58.6 Å². The highest BCUT2D eigenvalue weighted by Gasteiger charge is 2.29. The summed E-state index contributed by atoms with van der Waals surface area (Å²) in [5.74, 6) is -0.530. The zero-order valence-electron chi connectivity index (χ0n) is 12.8. The minimum absolute atomic E-state index is 0.0164. The molecule has 1 aliphatic heterocycles. The van der Waals surface area contributed by atoms with Crippen molar-refractivity contribution in [1.82, 2.24) is 10.2 Å². The highest BCUT2D eigenvalue weighted by molar-refractivity contribution is 5.98. The first-order valence-corrected chi connectivity index (χ1v) is 7.24. The number of rotatable bonds is 5. The number of carbonyl (C=O) groups is 2. The van der Waals surface area contributed by atoms with Crippen LogP contribution in [0.4, 0.5) is 0 Å². The maximum absolute atomic E-state index is 11.9. The second kappa shape index (κ2) is 6.83. The standard InChI is InChI=1S/C16H22N2O3/c1-4-17-14(13-6-5-11(2)7-12(13)3)8-18-15(19)9-21-10-16(18)20/h5-7,14,17H,4,8-10H2,1-3H3. The molecule has 5 heteroatoms. The summed E-state index contributed by atoms with van der Waals surface area (Å²) in [7, 11) is 0. The van der Waals surface area contributed by atoms with E-state index >= 15 is 0 Å². The summed E-state index contributed by atoms with van der Waals surface area (Å²) < 4.78 is 4.95. The van der Waals surface area contributed by atoms with Crippen LogP contribution in [0.25, 0.3) is 0 Å². The molecule has 1 atom stereocenters. The van der Waals surface area contributed by atoms with Crippen molar-refractivity contribution in [2.75, 3.05) is 26.3 Å². The molecule has 0 bridgehead atoms. The highest BCUT2D eigenvalue weighted by atomic mass is 16.5. The second-order valence-corrected chi connectivity index (χ2v) is 5.36. The summed E-state index contributed by atoms with van der Waals surface area (Å²) in [6, 6.07) is 6.17. The highest BCUT2D eigenvalue weighted by Crippen LogP contribution is 2.21. The first-order valence-electron chi connectivity index (χ1n) is 7.24. The molecule has 2 amide bonds. The van der Waals surface area contributed by atoms with Crippen LogP contribution in [0.3, 0.4) is 0 Å². The third-order valence-corrected chi connectivity index (χ3v) is 3.67. The van der Waals surface area contributed by atoms with E-state index in [1.54, 1.807) is 0 Å². The number of ether oxygens (including phenoxy) is 1. The Hall–Kier alpha value is -1.72. The van der Waals surface area contributed by atoms with Crippen LogP contribution >= 0.6 is 0 Å². The summed E-state index contributed by atoms with van der Waals surface area (Å²) in [6.07, 6.45) is 0. The zero-order chi connectivity index (χ0) is 15.4. The van der Waals surface area contributed by atoms with Crippen LogP contribution in [0.5, 0.6) is 0 Å². The maximum Gasteiger partial charge on any atom is 0.255 e. The molecule has 1 aliphatic rings. The Labute approximate surface area is 125 Å². The lowest BCUT2D eigenvalue weighted by Gasteiger charge is -2.30. The number of morpholine rings is 1. The second-order valence-electron chi connectivity index (χ2n) is 5.36. The van der Waals surface area contributed by atoms with Gasteiger partial charge in [0.1, 0.15) is 13.2 Å². The van der Waals surface area contributed by atoms with E-state index in [9.17, 15) is 9.59 Å². The van der Waals surface area contributed by atoms with Gasteiger partial charge < -0.3 is 10.1 Å². The average molecular weight is 290 g/mol. The zero-order valence-corrected chi connectivity index (χ0v) is 12.8. The van der Waals surface area contributed by atoms with E-state index in [1.165, 1.54) is 10.5 Å². The Morgan fingerprint density at radius 3 is 2.48 bits per heavy atom. The van der Waals surface area contributed by atoms with Gasteiger partial charge in [0.25, 0.3) is 11.8 Å². The molecule has 1 aromatic carbocycles. The maximum atomic E-state index is 11.9. The van der Waals surface area contributed by atoms with E-state index in [4.69, 9.17) is 4.74 Å². The molecule has 0 aromatic heterocycles. The predicted molar refractivity (Wildman–Crippen MR) is 79.9 cm³/mol. The number of benzene rings is 1. The van der Waals surface area contributed by atoms with Gasteiger partial charge in [0.2, 0.25) is 0 Å². The first kappa shape index (κ1) is 15.7. The molecular weight excluding hydrogens is 268 g/mol. The number of nitrogens with zero attached hydrogens (tertiary/aromatic N) is 1. The van der Waals surface area contributed by atoms with E-state index in [-0.39, 0.29) is 31.1 Å². The van der Waals surface area contributed by atoms with Crippen LogP contribution in [0.2, 0.25) is 0 Å². The normalized spacial score (nSPS) is 17.2.